The summed E-state index contributed by atoms with van der Waals surface area (Å²) >= 11 is 6.31. The van der Waals surface area contributed by atoms with Crippen molar-refractivity contribution in [2.45, 2.75) is 19.3 Å². The van der Waals surface area contributed by atoms with Crippen LogP contribution in [0.3, 0.4) is 0 Å². The van der Waals surface area contributed by atoms with Crippen molar-refractivity contribution in [1.82, 2.24) is 25.1 Å². The zero-order chi connectivity index (χ0) is 20.7. The number of ether oxygens (including phenoxy) is 1. The Labute approximate surface area is 178 Å². The van der Waals surface area contributed by atoms with E-state index in [9.17, 15) is 0 Å². The molecule has 2 aromatic carbocycles. The molecule has 0 amide bonds. The van der Waals surface area contributed by atoms with Gasteiger partial charge in [-0.25, -0.2) is 4.68 Å². The average Bonchev–Trinajstić information content (AvgIpc) is 3.41. The van der Waals surface area contributed by atoms with E-state index in [1.807, 2.05) is 72.2 Å². The number of aromatic nitrogens is 5. The maximum Gasteiger partial charge on any atom is 0.258 e. The summed E-state index contributed by atoms with van der Waals surface area (Å²) in [5.74, 6) is 0.824. The van der Waals surface area contributed by atoms with Crippen LogP contribution in [0.5, 0.6) is 0 Å². The van der Waals surface area contributed by atoms with Crippen LogP contribution in [0.15, 0.2) is 53.1 Å². The molecule has 1 atom stereocenters. The van der Waals surface area contributed by atoms with Gasteiger partial charge in [-0.3, -0.25) is 0 Å². The van der Waals surface area contributed by atoms with Gasteiger partial charge in [0.25, 0.3) is 5.89 Å². The van der Waals surface area contributed by atoms with E-state index in [0.29, 0.717) is 35.6 Å². The molecular weight excluding hydrogens is 404 g/mol. The van der Waals surface area contributed by atoms with Crippen LogP contribution < -0.4 is 4.90 Å². The molecule has 8 nitrogen and oxygen atoms in total. The number of hydrogen-bond donors (Lipinski definition) is 0. The molecule has 0 aliphatic carbocycles. The van der Waals surface area contributed by atoms with E-state index in [2.05, 4.69) is 20.5 Å². The Morgan fingerprint density at radius 3 is 2.67 bits per heavy atom. The first-order valence-electron chi connectivity index (χ1n) is 9.50. The predicted molar refractivity (Wildman–Crippen MR) is 112 cm³/mol. The zero-order valence-electron chi connectivity index (χ0n) is 16.5. The Bertz CT molecular complexity index is 1180. The number of hydrogen-bond acceptors (Lipinski definition) is 7. The second-order valence-corrected chi connectivity index (χ2v) is 7.66. The molecule has 30 heavy (non-hydrogen) atoms. The van der Waals surface area contributed by atoms with Crippen molar-refractivity contribution in [3.63, 3.8) is 0 Å². The lowest BCUT2D eigenvalue weighted by Crippen LogP contribution is -2.22. The Kier molecular flexibility index (Phi) is 4.72. The van der Waals surface area contributed by atoms with Gasteiger partial charge in [0, 0.05) is 35.9 Å². The second kappa shape index (κ2) is 7.55. The van der Waals surface area contributed by atoms with E-state index in [-0.39, 0.29) is 6.10 Å². The minimum atomic E-state index is -0.184. The van der Waals surface area contributed by atoms with Crippen LogP contribution in [0.25, 0.3) is 23.0 Å². The highest BCUT2D eigenvalue weighted by Gasteiger charge is 2.28. The van der Waals surface area contributed by atoms with Crippen LogP contribution in [-0.4, -0.2) is 39.2 Å². The third-order valence-electron chi connectivity index (χ3n) is 5.12. The van der Waals surface area contributed by atoms with E-state index in [0.717, 1.165) is 22.5 Å². The Morgan fingerprint density at radius 2 is 1.90 bits per heavy atom. The molecule has 1 aliphatic rings. The van der Waals surface area contributed by atoms with Crippen molar-refractivity contribution in [2.24, 2.45) is 0 Å². The maximum atomic E-state index is 6.31. The molecule has 2 aromatic heterocycles. The smallest absolute Gasteiger partial charge is 0.258 e. The van der Waals surface area contributed by atoms with Crippen LogP contribution in [0.2, 0.25) is 5.02 Å². The third-order valence-corrected chi connectivity index (χ3v) is 5.46. The lowest BCUT2D eigenvalue weighted by molar-refractivity contribution is -0.00106. The van der Waals surface area contributed by atoms with Gasteiger partial charge in [0.1, 0.15) is 6.10 Å². The van der Waals surface area contributed by atoms with Crippen LogP contribution >= 0.6 is 11.6 Å². The van der Waals surface area contributed by atoms with Crippen molar-refractivity contribution in [3.05, 3.63) is 64.8 Å². The molecule has 1 aliphatic heterocycles. The van der Waals surface area contributed by atoms with Gasteiger partial charge in [0.2, 0.25) is 5.82 Å². The highest BCUT2D eigenvalue weighted by Crippen LogP contribution is 2.33. The Balaban J connectivity index is 1.39. The van der Waals surface area contributed by atoms with Gasteiger partial charge in [-0.1, -0.05) is 40.2 Å². The standard InChI is InChI=1S/C21H19ClN6O2/c1-27(2)14-9-7-13(8-10-14)21-23-20(25-30-21)19-17-12-29-18(11-28(17)26-24-19)15-5-3-4-6-16(15)22/h3-10,18H,11-12H2,1-2H3/t18-/m1/s1. The van der Waals surface area contributed by atoms with Crippen LogP contribution in [-0.2, 0) is 17.9 Å². The van der Waals surface area contributed by atoms with E-state index in [1.165, 1.54) is 0 Å². The predicted octanol–water partition coefficient (Wildman–Crippen LogP) is 3.99. The molecule has 0 saturated carbocycles. The first-order chi connectivity index (χ1) is 14.6. The number of benzene rings is 2. The van der Waals surface area contributed by atoms with Crippen LogP contribution in [0.4, 0.5) is 5.69 Å². The quantitative estimate of drug-likeness (QED) is 0.491. The molecule has 152 valence electrons. The topological polar surface area (TPSA) is 82.1 Å². The summed E-state index contributed by atoms with van der Waals surface area (Å²) in [6.07, 6.45) is -0.184. The highest BCUT2D eigenvalue weighted by atomic mass is 35.5. The number of halogens is 1. The SMILES string of the molecule is CN(C)c1ccc(-c2nc(-c3nnn4c3CO[C@@H](c3ccccc3Cl)C4)no2)cc1. The van der Waals surface area contributed by atoms with Gasteiger partial charge in [0.15, 0.2) is 5.69 Å². The number of anilines is 1. The third kappa shape index (κ3) is 3.34. The molecule has 5 rings (SSSR count). The fourth-order valence-corrected chi connectivity index (χ4v) is 3.71. The first-order valence-corrected chi connectivity index (χ1v) is 9.88. The monoisotopic (exact) mass is 422 g/mol. The second-order valence-electron chi connectivity index (χ2n) is 7.25. The summed E-state index contributed by atoms with van der Waals surface area (Å²) < 4.78 is 13.3. The largest absolute Gasteiger partial charge is 0.378 e. The number of rotatable bonds is 4. The minimum absolute atomic E-state index is 0.184. The molecule has 0 saturated heterocycles. The van der Waals surface area contributed by atoms with E-state index in [1.54, 1.807) is 0 Å². The average molecular weight is 423 g/mol. The van der Waals surface area contributed by atoms with E-state index >= 15 is 0 Å². The molecule has 3 heterocycles. The number of nitrogens with zero attached hydrogens (tertiary/aromatic N) is 6. The summed E-state index contributed by atoms with van der Waals surface area (Å²) in [4.78, 5) is 6.54. The zero-order valence-corrected chi connectivity index (χ0v) is 17.2. The first kappa shape index (κ1) is 18.8. The van der Waals surface area contributed by atoms with Gasteiger partial charge in [-0.2, -0.15) is 4.98 Å². The van der Waals surface area contributed by atoms with Crippen molar-refractivity contribution >= 4 is 17.3 Å². The fourth-order valence-electron chi connectivity index (χ4n) is 3.45. The van der Waals surface area contributed by atoms with Crippen LogP contribution in [0, 0.1) is 0 Å². The molecule has 9 heteroatoms. The maximum absolute atomic E-state index is 6.31. The van der Waals surface area contributed by atoms with Gasteiger partial charge in [-0.05, 0) is 30.3 Å². The van der Waals surface area contributed by atoms with Crippen molar-refractivity contribution < 1.29 is 9.26 Å². The molecule has 0 spiro atoms. The Hall–Kier alpha value is -3.23. The lowest BCUT2D eigenvalue weighted by Gasteiger charge is -2.24. The van der Waals surface area contributed by atoms with Gasteiger partial charge >= 0.3 is 0 Å². The van der Waals surface area contributed by atoms with Crippen molar-refractivity contribution in [3.8, 4) is 23.0 Å². The number of fused-ring (bicyclic) bond motifs is 1. The van der Waals surface area contributed by atoms with Crippen molar-refractivity contribution in [1.29, 1.82) is 0 Å². The van der Waals surface area contributed by atoms with Gasteiger partial charge in [-0.15, -0.1) is 5.10 Å². The summed E-state index contributed by atoms with van der Waals surface area (Å²) in [6.45, 7) is 0.850. The molecule has 0 unspecified atom stereocenters. The minimum Gasteiger partial charge on any atom is -0.378 e. The highest BCUT2D eigenvalue weighted by molar-refractivity contribution is 6.31. The summed E-state index contributed by atoms with van der Waals surface area (Å²) in [7, 11) is 3.99. The molecular formula is C21H19ClN6O2. The molecule has 0 bridgehead atoms. The summed E-state index contributed by atoms with van der Waals surface area (Å²) in [5, 5.41) is 13.3. The van der Waals surface area contributed by atoms with E-state index < -0.39 is 0 Å². The summed E-state index contributed by atoms with van der Waals surface area (Å²) in [5.41, 5.74) is 4.25. The molecule has 0 N–H and O–H groups in total. The van der Waals surface area contributed by atoms with Gasteiger partial charge < -0.3 is 14.2 Å². The summed E-state index contributed by atoms with van der Waals surface area (Å²) in [6, 6.07) is 15.6. The van der Waals surface area contributed by atoms with E-state index in [4.69, 9.17) is 20.9 Å². The van der Waals surface area contributed by atoms with Gasteiger partial charge in [0.05, 0.1) is 18.8 Å². The Morgan fingerprint density at radius 1 is 1.10 bits per heavy atom. The fraction of sp³-hybridized carbons (Fsp3) is 0.238. The lowest BCUT2D eigenvalue weighted by atomic mass is 10.1. The van der Waals surface area contributed by atoms with Crippen LogP contribution in [0.1, 0.15) is 17.4 Å². The molecule has 0 radical (unpaired) electrons. The molecule has 0 fully saturated rings. The molecule has 4 aromatic rings. The normalized spacial score (nSPS) is 15.8. The van der Waals surface area contributed by atoms with Crippen molar-refractivity contribution in [2.75, 3.05) is 19.0 Å².